The summed E-state index contributed by atoms with van der Waals surface area (Å²) >= 11 is 0. The summed E-state index contributed by atoms with van der Waals surface area (Å²) < 4.78 is 0. The van der Waals surface area contributed by atoms with Gasteiger partial charge in [0.25, 0.3) is 0 Å². The van der Waals surface area contributed by atoms with E-state index in [4.69, 9.17) is 0 Å². The molecule has 1 N–H and O–H groups in total. The average molecular weight is 177 g/mol. The highest BCUT2D eigenvalue weighted by atomic mass is 14.9. The van der Waals surface area contributed by atoms with E-state index in [1.165, 1.54) is 0 Å². The molecule has 0 saturated heterocycles. The predicted octanol–water partition coefficient (Wildman–Crippen LogP) is 1.53. The van der Waals surface area contributed by atoms with E-state index in [-0.39, 0.29) is 0 Å². The lowest BCUT2D eigenvalue weighted by atomic mass is 10.3. The molecule has 0 atom stereocenters. The van der Waals surface area contributed by atoms with Gasteiger partial charge in [-0.25, -0.2) is 9.97 Å². The Balaban J connectivity index is 2.13. The molecule has 0 aromatic carbocycles. The van der Waals surface area contributed by atoms with Crippen LogP contribution in [0.1, 0.15) is 19.0 Å². The lowest BCUT2D eigenvalue weighted by molar-refractivity contribution is 0.680. The summed E-state index contributed by atoms with van der Waals surface area (Å²) in [5.74, 6) is 0. The largest absolute Gasteiger partial charge is 0.311 e. The van der Waals surface area contributed by atoms with Crippen LogP contribution in [0.4, 0.5) is 0 Å². The van der Waals surface area contributed by atoms with Crippen molar-refractivity contribution in [1.29, 1.82) is 0 Å². The highest BCUT2D eigenvalue weighted by Gasteiger charge is 1.90. The van der Waals surface area contributed by atoms with Crippen molar-refractivity contribution < 1.29 is 0 Å². The second-order valence-corrected chi connectivity index (χ2v) is 2.74. The van der Waals surface area contributed by atoms with Gasteiger partial charge >= 0.3 is 0 Å². The van der Waals surface area contributed by atoms with Crippen LogP contribution in [0, 0.1) is 0 Å². The first-order valence-electron chi connectivity index (χ1n) is 4.50. The Labute approximate surface area is 78.9 Å². The molecule has 1 heterocycles. The van der Waals surface area contributed by atoms with E-state index in [0.29, 0.717) is 0 Å². The van der Waals surface area contributed by atoms with Gasteiger partial charge in [0.15, 0.2) is 0 Å². The Hall–Kier alpha value is -1.22. The summed E-state index contributed by atoms with van der Waals surface area (Å²) in [6.07, 6.45) is 8.61. The summed E-state index contributed by atoms with van der Waals surface area (Å²) in [5, 5.41) is 3.29. The zero-order chi connectivity index (χ0) is 9.36. The molecule has 0 radical (unpaired) electrons. The maximum Gasteiger partial charge on any atom is 0.115 e. The quantitative estimate of drug-likeness (QED) is 0.547. The Morgan fingerprint density at radius 1 is 1.54 bits per heavy atom. The van der Waals surface area contributed by atoms with Gasteiger partial charge in [-0.15, -0.1) is 0 Å². The lowest BCUT2D eigenvalue weighted by Gasteiger charge is -2.00. The van der Waals surface area contributed by atoms with Crippen molar-refractivity contribution in [3.63, 3.8) is 0 Å². The van der Waals surface area contributed by atoms with Gasteiger partial charge in [0.2, 0.25) is 0 Å². The molecule has 0 unspecified atom stereocenters. The fourth-order valence-electron chi connectivity index (χ4n) is 0.991. The van der Waals surface area contributed by atoms with E-state index in [2.05, 4.69) is 27.4 Å². The number of nitrogens with zero attached hydrogens (tertiary/aromatic N) is 2. The summed E-state index contributed by atoms with van der Waals surface area (Å²) in [6.45, 7) is 3.85. The van der Waals surface area contributed by atoms with Gasteiger partial charge in [0.1, 0.15) is 6.33 Å². The Kier molecular flexibility index (Phi) is 4.79. The molecule has 0 bridgehead atoms. The van der Waals surface area contributed by atoms with E-state index < -0.39 is 0 Å². The monoisotopic (exact) mass is 177 g/mol. The van der Waals surface area contributed by atoms with Gasteiger partial charge in [-0.2, -0.15) is 0 Å². The van der Waals surface area contributed by atoms with E-state index in [1.807, 2.05) is 13.0 Å². The summed E-state index contributed by atoms with van der Waals surface area (Å²) in [4.78, 5) is 7.96. The van der Waals surface area contributed by atoms with Gasteiger partial charge in [-0.05, 0) is 26.0 Å². The second kappa shape index (κ2) is 6.31. The topological polar surface area (TPSA) is 37.8 Å². The fourth-order valence-corrected chi connectivity index (χ4v) is 0.991. The number of aromatic nitrogens is 2. The van der Waals surface area contributed by atoms with Crippen LogP contribution in [-0.4, -0.2) is 16.5 Å². The molecule has 0 aliphatic rings. The van der Waals surface area contributed by atoms with Crippen LogP contribution in [0.15, 0.2) is 30.7 Å². The third-order valence-corrected chi connectivity index (χ3v) is 1.67. The molecule has 1 aromatic heterocycles. The molecular formula is C10H15N3. The molecule has 0 saturated carbocycles. The van der Waals surface area contributed by atoms with Crippen LogP contribution in [-0.2, 0) is 6.54 Å². The van der Waals surface area contributed by atoms with Gasteiger partial charge in [-0.3, -0.25) is 0 Å². The van der Waals surface area contributed by atoms with Crippen molar-refractivity contribution in [2.45, 2.75) is 19.9 Å². The molecule has 0 spiro atoms. The smallest absolute Gasteiger partial charge is 0.115 e. The maximum absolute atomic E-state index is 4.10. The van der Waals surface area contributed by atoms with Crippen LogP contribution in [0.3, 0.4) is 0 Å². The fraction of sp³-hybridized carbons (Fsp3) is 0.400. The van der Waals surface area contributed by atoms with Crippen LogP contribution in [0.2, 0.25) is 0 Å². The average Bonchev–Trinajstić information content (AvgIpc) is 2.19. The van der Waals surface area contributed by atoms with Crippen LogP contribution in [0.25, 0.3) is 0 Å². The number of hydrogen-bond donors (Lipinski definition) is 1. The van der Waals surface area contributed by atoms with Crippen molar-refractivity contribution in [2.75, 3.05) is 6.54 Å². The molecule has 0 aliphatic carbocycles. The minimum Gasteiger partial charge on any atom is -0.311 e. The molecule has 3 nitrogen and oxygen atoms in total. The van der Waals surface area contributed by atoms with Crippen LogP contribution >= 0.6 is 0 Å². The highest BCUT2D eigenvalue weighted by molar-refractivity contribution is 4.96. The summed E-state index contributed by atoms with van der Waals surface area (Å²) in [5.41, 5.74) is 1.04. The predicted molar refractivity (Wildman–Crippen MR) is 53.2 cm³/mol. The molecule has 3 heteroatoms. The molecule has 0 aliphatic heterocycles. The Morgan fingerprint density at radius 2 is 2.46 bits per heavy atom. The molecular weight excluding hydrogens is 162 g/mol. The van der Waals surface area contributed by atoms with E-state index in [9.17, 15) is 0 Å². The van der Waals surface area contributed by atoms with Gasteiger partial charge in [0.05, 0.1) is 5.69 Å². The van der Waals surface area contributed by atoms with Crippen LogP contribution in [0.5, 0.6) is 0 Å². The van der Waals surface area contributed by atoms with Crippen LogP contribution < -0.4 is 5.32 Å². The molecule has 0 fully saturated rings. The van der Waals surface area contributed by atoms with E-state index >= 15 is 0 Å². The normalized spacial score (nSPS) is 10.8. The van der Waals surface area contributed by atoms with Gasteiger partial charge in [-0.1, -0.05) is 12.2 Å². The first-order valence-corrected chi connectivity index (χ1v) is 4.50. The first kappa shape index (κ1) is 9.86. The molecule has 70 valence electrons. The number of allylic oxidation sites excluding steroid dienone is 1. The SMILES string of the molecule is C/C=C/CCNCc1ccncn1. The summed E-state index contributed by atoms with van der Waals surface area (Å²) in [6, 6.07) is 1.92. The molecule has 1 aromatic rings. The van der Waals surface area contributed by atoms with Gasteiger partial charge in [0, 0.05) is 12.7 Å². The van der Waals surface area contributed by atoms with Gasteiger partial charge < -0.3 is 5.32 Å². The van der Waals surface area contributed by atoms with E-state index in [0.717, 1.165) is 25.2 Å². The number of nitrogens with one attached hydrogen (secondary N) is 1. The molecule has 13 heavy (non-hydrogen) atoms. The third kappa shape index (κ3) is 4.38. The second-order valence-electron chi connectivity index (χ2n) is 2.74. The number of rotatable bonds is 5. The van der Waals surface area contributed by atoms with Crippen molar-refractivity contribution in [3.8, 4) is 0 Å². The highest BCUT2D eigenvalue weighted by Crippen LogP contribution is 1.89. The summed E-state index contributed by atoms with van der Waals surface area (Å²) in [7, 11) is 0. The molecule has 0 amide bonds. The zero-order valence-electron chi connectivity index (χ0n) is 7.90. The number of hydrogen-bond acceptors (Lipinski definition) is 3. The lowest BCUT2D eigenvalue weighted by Crippen LogP contribution is -2.14. The Morgan fingerprint density at radius 3 is 3.15 bits per heavy atom. The van der Waals surface area contributed by atoms with Crippen molar-refractivity contribution in [1.82, 2.24) is 15.3 Å². The minimum atomic E-state index is 0.820. The maximum atomic E-state index is 4.10. The molecule has 1 rings (SSSR count). The third-order valence-electron chi connectivity index (χ3n) is 1.67. The first-order chi connectivity index (χ1) is 6.43. The van der Waals surface area contributed by atoms with Crippen molar-refractivity contribution >= 4 is 0 Å². The Bertz CT molecular complexity index is 244. The van der Waals surface area contributed by atoms with Crippen molar-refractivity contribution in [2.24, 2.45) is 0 Å². The zero-order valence-corrected chi connectivity index (χ0v) is 7.90. The van der Waals surface area contributed by atoms with Crippen molar-refractivity contribution in [3.05, 3.63) is 36.4 Å². The minimum absolute atomic E-state index is 0.820. The van der Waals surface area contributed by atoms with E-state index in [1.54, 1.807) is 12.5 Å². The standard InChI is InChI=1S/C10H15N3/c1-2-3-4-6-11-8-10-5-7-12-9-13-10/h2-3,5,7,9,11H,4,6,8H2,1H3/b3-2+.